The van der Waals surface area contributed by atoms with E-state index in [4.69, 9.17) is 0 Å². The van der Waals surface area contributed by atoms with E-state index in [1.807, 2.05) is 4.90 Å². The number of imidazole rings is 1. The van der Waals surface area contributed by atoms with E-state index in [2.05, 4.69) is 45.6 Å². The van der Waals surface area contributed by atoms with Crippen LogP contribution < -0.4 is 5.32 Å². The van der Waals surface area contributed by atoms with E-state index in [-0.39, 0.29) is 28.6 Å². The van der Waals surface area contributed by atoms with Crippen LogP contribution in [0.15, 0.2) is 48.9 Å². The highest BCUT2D eigenvalue weighted by Crippen LogP contribution is 2.59. The second-order valence-corrected chi connectivity index (χ2v) is 9.86. The Hall–Kier alpha value is -2.89. The third kappa shape index (κ3) is 4.10. The van der Waals surface area contributed by atoms with E-state index in [0.29, 0.717) is 0 Å². The summed E-state index contributed by atoms with van der Waals surface area (Å²) in [6.07, 6.45) is 14.2. The number of piperidine rings is 1. The predicted molar refractivity (Wildman–Crippen MR) is 124 cm³/mol. The van der Waals surface area contributed by atoms with Crippen LogP contribution in [0.2, 0.25) is 0 Å². The zero-order valence-corrected chi connectivity index (χ0v) is 18.6. The molecule has 2 aliphatic carbocycles. The maximum atomic E-state index is 13.0. The Morgan fingerprint density at radius 3 is 2.56 bits per heavy atom. The predicted octanol–water partition coefficient (Wildman–Crippen LogP) is 3.68. The monoisotopic (exact) mass is 432 g/mol. The number of hydrogen-bond acceptors (Lipinski definition) is 3. The van der Waals surface area contributed by atoms with Gasteiger partial charge < -0.3 is 15.2 Å². The Morgan fingerprint density at radius 1 is 1.12 bits per heavy atom. The lowest BCUT2D eigenvalue weighted by Gasteiger charge is -2.33. The zero-order valence-electron chi connectivity index (χ0n) is 18.6. The van der Waals surface area contributed by atoms with Gasteiger partial charge in [0.25, 0.3) is 0 Å². The normalized spacial score (nSPS) is 23.5. The molecule has 0 bridgehead atoms. The standard InChI is InChI=1S/C26H32N4O2/c31-23(9-8-21-17-27-19-29-21)30-14-12-25(13-15-30)16-22(25)24(32)28-18-26(10-4-5-11-26)20-6-2-1-3-7-20/h1-3,6-9,17,19,22H,4-5,10-16,18H2,(H,27,29)(H,28,32)/b9-8+. The van der Waals surface area contributed by atoms with Gasteiger partial charge in [0, 0.05) is 37.0 Å². The molecule has 32 heavy (non-hydrogen) atoms. The topological polar surface area (TPSA) is 78.1 Å². The van der Waals surface area contributed by atoms with Gasteiger partial charge in [0.1, 0.15) is 0 Å². The fourth-order valence-electron chi connectivity index (χ4n) is 5.86. The number of hydrogen-bond donors (Lipinski definition) is 2. The van der Waals surface area contributed by atoms with E-state index in [1.165, 1.54) is 18.4 Å². The minimum Gasteiger partial charge on any atom is -0.355 e. The molecule has 0 radical (unpaired) electrons. The van der Waals surface area contributed by atoms with Crippen molar-refractivity contribution in [3.05, 3.63) is 60.2 Å². The van der Waals surface area contributed by atoms with Crippen LogP contribution in [0.25, 0.3) is 6.08 Å². The van der Waals surface area contributed by atoms with Crippen molar-refractivity contribution < 1.29 is 9.59 Å². The molecule has 2 amide bonds. The Morgan fingerprint density at radius 2 is 1.88 bits per heavy atom. The molecule has 1 aromatic heterocycles. The van der Waals surface area contributed by atoms with Gasteiger partial charge in [-0.25, -0.2) is 4.98 Å². The highest BCUT2D eigenvalue weighted by Gasteiger charge is 2.58. The molecular formula is C26H32N4O2. The van der Waals surface area contributed by atoms with Gasteiger partial charge in [0.05, 0.1) is 18.2 Å². The van der Waals surface area contributed by atoms with Gasteiger partial charge in [-0.05, 0) is 49.2 Å². The number of aromatic nitrogens is 2. The fourth-order valence-corrected chi connectivity index (χ4v) is 5.86. The molecule has 1 atom stereocenters. The van der Waals surface area contributed by atoms with Crippen LogP contribution in [-0.4, -0.2) is 46.3 Å². The number of nitrogens with one attached hydrogen (secondary N) is 2. The molecule has 1 unspecified atom stereocenters. The maximum Gasteiger partial charge on any atom is 0.246 e. The highest BCUT2D eigenvalue weighted by molar-refractivity contribution is 5.91. The minimum atomic E-state index is 0.0298. The van der Waals surface area contributed by atoms with E-state index in [9.17, 15) is 9.59 Å². The number of amides is 2. The summed E-state index contributed by atoms with van der Waals surface area (Å²) in [5.74, 6) is 0.350. The maximum absolute atomic E-state index is 13.0. The van der Waals surface area contributed by atoms with Crippen LogP contribution in [-0.2, 0) is 15.0 Å². The van der Waals surface area contributed by atoms with Crippen LogP contribution in [0.5, 0.6) is 0 Å². The van der Waals surface area contributed by atoms with Gasteiger partial charge in [-0.3, -0.25) is 9.59 Å². The summed E-state index contributed by atoms with van der Waals surface area (Å²) >= 11 is 0. The number of carbonyl (C=O) groups is 2. The third-order valence-corrected chi connectivity index (χ3v) is 8.05. The van der Waals surface area contributed by atoms with Crippen molar-refractivity contribution in [2.45, 2.75) is 50.4 Å². The Labute approximate surface area is 189 Å². The van der Waals surface area contributed by atoms with Crippen LogP contribution in [0.1, 0.15) is 56.2 Å². The number of carbonyl (C=O) groups excluding carboxylic acids is 2. The van der Waals surface area contributed by atoms with E-state index in [1.54, 1.807) is 24.7 Å². The van der Waals surface area contributed by atoms with Crippen LogP contribution in [0.3, 0.4) is 0 Å². The number of nitrogens with zero attached hydrogens (tertiary/aromatic N) is 2. The molecule has 1 aromatic carbocycles. The molecule has 1 aliphatic heterocycles. The summed E-state index contributed by atoms with van der Waals surface area (Å²) in [6, 6.07) is 10.7. The fraction of sp³-hybridized carbons (Fsp3) is 0.500. The Kier molecular flexibility index (Phi) is 5.62. The van der Waals surface area contributed by atoms with Gasteiger partial charge in [-0.15, -0.1) is 0 Å². The van der Waals surface area contributed by atoms with Gasteiger partial charge in [0.15, 0.2) is 0 Å². The first-order valence-corrected chi connectivity index (χ1v) is 11.9. The van der Waals surface area contributed by atoms with Crippen LogP contribution in [0.4, 0.5) is 0 Å². The SMILES string of the molecule is O=C(NCC1(c2ccccc2)CCCC1)C1CC12CCN(C(=O)/C=C/c1cnc[nH]1)CC2. The molecule has 1 spiro atoms. The molecule has 2 aromatic rings. The summed E-state index contributed by atoms with van der Waals surface area (Å²) in [4.78, 5) is 34.4. The molecule has 6 heteroatoms. The number of likely N-dealkylation sites (tertiary alicyclic amines) is 1. The molecule has 6 nitrogen and oxygen atoms in total. The molecule has 2 N–H and O–H groups in total. The first-order valence-electron chi connectivity index (χ1n) is 11.9. The van der Waals surface area contributed by atoms with Crippen molar-refractivity contribution in [1.29, 1.82) is 0 Å². The summed E-state index contributed by atoms with van der Waals surface area (Å²) in [7, 11) is 0. The van der Waals surface area contributed by atoms with Crippen molar-refractivity contribution in [3.8, 4) is 0 Å². The lowest BCUT2D eigenvalue weighted by atomic mass is 9.78. The number of H-pyrrole nitrogens is 1. The molecule has 3 aliphatic rings. The van der Waals surface area contributed by atoms with Crippen molar-refractivity contribution >= 4 is 17.9 Å². The zero-order chi connectivity index (χ0) is 22.0. The minimum absolute atomic E-state index is 0.0298. The van der Waals surface area contributed by atoms with Gasteiger partial charge in [-0.1, -0.05) is 43.2 Å². The highest BCUT2D eigenvalue weighted by atomic mass is 16.2. The molecule has 168 valence electrons. The van der Waals surface area contributed by atoms with Gasteiger partial charge in [0.2, 0.25) is 11.8 Å². The van der Waals surface area contributed by atoms with E-state index in [0.717, 1.165) is 57.4 Å². The van der Waals surface area contributed by atoms with Crippen molar-refractivity contribution in [3.63, 3.8) is 0 Å². The smallest absolute Gasteiger partial charge is 0.246 e. The molecule has 1 saturated heterocycles. The molecule has 3 fully saturated rings. The Balaban J connectivity index is 1.13. The third-order valence-electron chi connectivity index (χ3n) is 8.05. The van der Waals surface area contributed by atoms with Crippen LogP contribution in [0, 0.1) is 11.3 Å². The second kappa shape index (κ2) is 8.57. The molecule has 5 rings (SSSR count). The number of benzene rings is 1. The van der Waals surface area contributed by atoms with Crippen molar-refractivity contribution in [1.82, 2.24) is 20.2 Å². The van der Waals surface area contributed by atoms with E-state index >= 15 is 0 Å². The van der Waals surface area contributed by atoms with Gasteiger partial charge >= 0.3 is 0 Å². The van der Waals surface area contributed by atoms with Crippen LogP contribution >= 0.6 is 0 Å². The average Bonchev–Trinajstić information content (AvgIpc) is 3.21. The lowest BCUT2D eigenvalue weighted by molar-refractivity contribution is -0.127. The lowest BCUT2D eigenvalue weighted by Crippen LogP contribution is -2.42. The van der Waals surface area contributed by atoms with Crippen molar-refractivity contribution in [2.75, 3.05) is 19.6 Å². The molecular weight excluding hydrogens is 400 g/mol. The largest absolute Gasteiger partial charge is 0.355 e. The summed E-state index contributed by atoms with van der Waals surface area (Å²) in [5, 5.41) is 3.33. The average molecular weight is 433 g/mol. The van der Waals surface area contributed by atoms with E-state index < -0.39 is 0 Å². The first-order chi connectivity index (χ1) is 15.6. The van der Waals surface area contributed by atoms with Gasteiger partial charge in [-0.2, -0.15) is 0 Å². The Bertz CT molecular complexity index is 969. The molecule has 2 heterocycles. The quantitative estimate of drug-likeness (QED) is 0.684. The van der Waals surface area contributed by atoms with Crippen molar-refractivity contribution in [2.24, 2.45) is 11.3 Å². The molecule has 2 saturated carbocycles. The summed E-state index contributed by atoms with van der Waals surface area (Å²) < 4.78 is 0. The number of aromatic amines is 1. The number of rotatable bonds is 6. The summed E-state index contributed by atoms with van der Waals surface area (Å²) in [5.41, 5.74) is 2.37. The second-order valence-electron chi connectivity index (χ2n) is 9.86. The first kappa shape index (κ1) is 21.0. The summed E-state index contributed by atoms with van der Waals surface area (Å²) in [6.45, 7) is 2.19.